The summed E-state index contributed by atoms with van der Waals surface area (Å²) in [6.45, 7) is 2.08. The summed E-state index contributed by atoms with van der Waals surface area (Å²) in [7, 11) is 0. The lowest BCUT2D eigenvalue weighted by Crippen LogP contribution is -2.33. The molecule has 3 aromatic heterocycles. The predicted octanol–water partition coefficient (Wildman–Crippen LogP) is 8.41. The standard InChI is InChI=1S/C20H16FN3O4.C20H14FN3O3.C15H12FN3O.C7H8.C5H4O3/c21-15-6-5-10(8-17(15)22-18(25)13-9-14(13)20(27)28)7-16-11-3-1-2-4-12(11)19(26)24-23-16;21-15-6-5-10(8-17(15)24-19(26)13-9-14(13)20(24)27)7-16-11-3-1-2-4-12(11)18(25)23-22-16;16-12-6-5-9(7-13(12)17)8-14-10-3-1-2-4-11(10)15(20)19-18-14;1-7-5-3-2-4-6-7;6-4-2-1-3(2)5(7)8-4/h1-6,8,13-14H,7,9H2,(H,22,25)(H,24,26)(H,27,28);1-6,8,13-14H,7,9H2,(H,23,25);1-7H,8,17H2,(H,19,20);2-6H,1H3;2-3H,1H2. The van der Waals surface area contributed by atoms with Crippen molar-refractivity contribution >= 4 is 85.0 Å². The summed E-state index contributed by atoms with van der Waals surface area (Å²) < 4.78 is 45.9. The van der Waals surface area contributed by atoms with Crippen LogP contribution in [0.4, 0.5) is 30.2 Å². The monoisotopic (exact) mass is 1220 g/mol. The molecule has 3 aliphatic carbocycles. The predicted molar refractivity (Wildman–Crippen MR) is 325 cm³/mol. The van der Waals surface area contributed by atoms with Crippen LogP contribution in [0.15, 0.2) is 172 Å². The van der Waals surface area contributed by atoms with Crippen LogP contribution in [0.25, 0.3) is 32.3 Å². The van der Waals surface area contributed by atoms with Crippen LogP contribution in [-0.4, -0.2) is 71.3 Å². The number of rotatable bonds is 10. The number of amides is 3. The Kier molecular flexibility index (Phi) is 17.2. The van der Waals surface area contributed by atoms with Crippen molar-refractivity contribution in [3.63, 3.8) is 0 Å². The van der Waals surface area contributed by atoms with Gasteiger partial charge in [-0.2, -0.15) is 15.3 Å². The molecule has 3 saturated carbocycles. The second kappa shape index (κ2) is 25.6. The largest absolute Gasteiger partial charge is 0.481 e. The molecule has 6 unspecified atom stereocenters. The highest BCUT2D eigenvalue weighted by molar-refractivity contribution is 6.24. The quantitative estimate of drug-likeness (QED) is 0.0324. The number of anilines is 3. The van der Waals surface area contributed by atoms with Crippen LogP contribution >= 0.6 is 0 Å². The number of hydrogen-bond acceptors (Lipinski definition) is 14. The Hall–Kier alpha value is -11.2. The Morgan fingerprint density at radius 1 is 0.522 bits per heavy atom. The zero-order valence-electron chi connectivity index (χ0n) is 47.7. The molecule has 3 amide bonds. The number of carbonyl (C=O) groups is 6. The molecular formula is C67H54F3N9O11. The molecule has 90 heavy (non-hydrogen) atoms. The summed E-state index contributed by atoms with van der Waals surface area (Å²) in [5, 5.41) is 34.9. The molecule has 5 aliphatic rings. The zero-order chi connectivity index (χ0) is 63.5. The molecule has 5 fully saturated rings. The zero-order valence-corrected chi connectivity index (χ0v) is 47.7. The smallest absolute Gasteiger partial charge is 0.317 e. The van der Waals surface area contributed by atoms with E-state index in [1.54, 1.807) is 78.9 Å². The molecule has 0 radical (unpaired) electrons. The number of aliphatic carboxylic acids is 1. The number of carboxylic acids is 1. The number of carboxylic acid groups (broad SMARTS) is 1. The fourth-order valence-corrected chi connectivity index (χ4v) is 10.7. The van der Waals surface area contributed by atoms with Crippen molar-refractivity contribution in [1.82, 2.24) is 30.6 Å². The Bertz CT molecular complexity index is 4670. The van der Waals surface area contributed by atoms with E-state index >= 15 is 0 Å². The van der Waals surface area contributed by atoms with Gasteiger partial charge in [0.25, 0.3) is 16.7 Å². The first-order valence-corrected chi connectivity index (χ1v) is 28.5. The number of benzene rings is 7. The summed E-state index contributed by atoms with van der Waals surface area (Å²) in [6, 6.07) is 44.9. The SMILES string of the molecule is Cc1ccccc1.Nc1cc(Cc2n[nH]c(=O)c3ccccc23)ccc1F.O=C(O)C1CC1C(=O)Nc1cc(Cc2n[nH]c(=O)c3ccccc23)ccc1F.O=C1C2CC2C(=O)N1c1cc(Cc2n[nH]c(=O)c3ccccc23)ccc1F.O=C1OC(=O)C2CC12. The lowest BCUT2D eigenvalue weighted by atomic mass is 10.0. The van der Waals surface area contributed by atoms with Gasteiger partial charge in [-0.05, 0) is 97.5 Å². The minimum atomic E-state index is -1.02. The van der Waals surface area contributed by atoms with Gasteiger partial charge in [0, 0.05) is 35.4 Å². The summed E-state index contributed by atoms with van der Waals surface area (Å²) >= 11 is 0. The van der Waals surface area contributed by atoms with Crippen molar-refractivity contribution in [3.8, 4) is 0 Å². The molecule has 6 atom stereocenters. The summed E-state index contributed by atoms with van der Waals surface area (Å²) in [5.41, 5.74) is 10.4. The minimum Gasteiger partial charge on any atom is -0.481 e. The van der Waals surface area contributed by atoms with Gasteiger partial charge >= 0.3 is 17.9 Å². The summed E-state index contributed by atoms with van der Waals surface area (Å²) in [6.07, 6.45) is 2.69. The number of nitrogens with zero attached hydrogens (tertiary/aromatic N) is 4. The van der Waals surface area contributed by atoms with Gasteiger partial charge in [-0.15, -0.1) is 0 Å². The number of carbonyl (C=O) groups excluding carboxylic acids is 5. The maximum Gasteiger partial charge on any atom is 0.317 e. The number of halogens is 3. The number of aromatic amines is 3. The molecule has 7 aromatic carbocycles. The van der Waals surface area contributed by atoms with Crippen LogP contribution < -0.4 is 32.6 Å². The molecule has 2 saturated heterocycles. The molecule has 454 valence electrons. The Labute approximate surface area is 507 Å². The maximum atomic E-state index is 14.3. The van der Waals surface area contributed by atoms with Crippen molar-refractivity contribution in [2.75, 3.05) is 16.0 Å². The van der Waals surface area contributed by atoms with Crippen LogP contribution in [0.1, 0.15) is 58.6 Å². The van der Waals surface area contributed by atoms with Crippen molar-refractivity contribution in [1.29, 1.82) is 0 Å². The van der Waals surface area contributed by atoms with Gasteiger partial charge in [-0.25, -0.2) is 33.4 Å². The third-order valence-electron chi connectivity index (χ3n) is 15.9. The molecule has 0 spiro atoms. The summed E-state index contributed by atoms with van der Waals surface area (Å²) in [4.78, 5) is 105. The first-order valence-electron chi connectivity index (χ1n) is 28.5. The second-order valence-electron chi connectivity index (χ2n) is 22.2. The molecule has 0 bridgehead atoms. The number of nitrogen functional groups attached to an aromatic ring is 1. The van der Waals surface area contributed by atoms with Crippen molar-refractivity contribution in [3.05, 3.63) is 246 Å². The van der Waals surface area contributed by atoms with Crippen LogP contribution in [0, 0.1) is 59.9 Å². The number of imide groups is 1. The van der Waals surface area contributed by atoms with Gasteiger partial charge in [0.1, 0.15) is 17.5 Å². The average molecular weight is 1220 g/mol. The molecule has 5 heterocycles. The highest BCUT2D eigenvalue weighted by Crippen LogP contribution is 2.49. The van der Waals surface area contributed by atoms with E-state index < -0.39 is 41.2 Å². The molecular weight excluding hydrogens is 1160 g/mol. The van der Waals surface area contributed by atoms with Gasteiger partial charge in [-0.1, -0.05) is 109 Å². The number of aryl methyl sites for hydroxylation is 1. The number of nitrogens with one attached hydrogen (secondary N) is 4. The van der Waals surface area contributed by atoms with Crippen molar-refractivity contribution in [2.24, 2.45) is 35.5 Å². The number of cyclic esters (lactones) is 2. The third kappa shape index (κ3) is 13.3. The fourth-order valence-electron chi connectivity index (χ4n) is 10.7. The molecule has 7 N–H and O–H groups in total. The van der Waals surface area contributed by atoms with Crippen molar-refractivity contribution in [2.45, 2.75) is 45.4 Å². The van der Waals surface area contributed by atoms with E-state index in [4.69, 9.17) is 10.8 Å². The molecule has 2 aliphatic heterocycles. The molecule has 10 aromatic rings. The van der Waals surface area contributed by atoms with Gasteiger partial charge in [0.15, 0.2) is 0 Å². The fraction of sp³-hybridized carbons (Fsp3) is 0.194. The number of fused-ring (bicyclic) bond motifs is 5. The summed E-state index contributed by atoms with van der Waals surface area (Å²) in [5.74, 6) is -6.49. The second-order valence-corrected chi connectivity index (χ2v) is 22.2. The van der Waals surface area contributed by atoms with E-state index in [1.165, 1.54) is 35.9 Å². The number of piperidine rings is 1. The number of nitrogens with two attached hydrogens (primary N) is 1. The first kappa shape index (κ1) is 60.5. The van der Waals surface area contributed by atoms with E-state index in [-0.39, 0.29) is 87.6 Å². The molecule has 23 heteroatoms. The van der Waals surface area contributed by atoms with E-state index in [0.717, 1.165) is 28.0 Å². The normalized spacial score (nSPS) is 18.7. The van der Waals surface area contributed by atoms with Gasteiger partial charge in [-0.3, -0.25) is 43.2 Å². The van der Waals surface area contributed by atoms with Gasteiger partial charge in [0.2, 0.25) is 17.7 Å². The highest BCUT2D eigenvalue weighted by atomic mass is 19.1. The Morgan fingerprint density at radius 3 is 1.33 bits per heavy atom. The van der Waals surface area contributed by atoms with Crippen molar-refractivity contribution < 1.29 is 51.8 Å². The first-order chi connectivity index (χ1) is 43.3. The lowest BCUT2D eigenvalue weighted by molar-refractivity contribution is -0.155. The van der Waals surface area contributed by atoms with Crippen LogP contribution in [0.3, 0.4) is 0 Å². The minimum absolute atomic E-state index is 0.00716. The van der Waals surface area contributed by atoms with Crippen LogP contribution in [-0.2, 0) is 52.8 Å². The molecule has 20 nitrogen and oxygen atoms in total. The van der Waals surface area contributed by atoms with Crippen LogP contribution in [0.2, 0.25) is 0 Å². The topological polar surface area (TPSA) is 310 Å². The highest BCUT2D eigenvalue weighted by Gasteiger charge is 2.60. The Morgan fingerprint density at radius 2 is 0.933 bits per heavy atom. The van der Waals surface area contributed by atoms with Gasteiger partial charge < -0.3 is 20.9 Å². The van der Waals surface area contributed by atoms with Gasteiger partial charge in [0.05, 0.1) is 85.8 Å². The number of esters is 2. The van der Waals surface area contributed by atoms with Crippen LogP contribution in [0.5, 0.6) is 0 Å². The molecule has 15 rings (SSSR count). The third-order valence-corrected chi connectivity index (χ3v) is 15.9. The van der Waals surface area contributed by atoms with E-state index in [9.17, 15) is 56.3 Å². The number of hydrogen-bond donors (Lipinski definition) is 6. The maximum absolute atomic E-state index is 14.3. The lowest BCUT2D eigenvalue weighted by Gasteiger charge is -2.18. The van der Waals surface area contributed by atoms with E-state index in [1.807, 2.05) is 36.4 Å². The number of ether oxygens (including phenoxy) is 1. The Balaban J connectivity index is 0.000000125. The van der Waals surface area contributed by atoms with E-state index in [0.29, 0.717) is 75.1 Å². The van der Waals surface area contributed by atoms with E-state index in [2.05, 4.69) is 59.7 Å². The number of aromatic nitrogens is 6. The average Bonchev–Trinajstić information content (AvgIpc) is 1.61. The number of H-pyrrole nitrogens is 3.